The Morgan fingerprint density at radius 3 is 2.07 bits per heavy atom. The fourth-order valence-electron chi connectivity index (χ4n) is 3.36. The molecule has 0 spiro atoms. The summed E-state index contributed by atoms with van der Waals surface area (Å²) in [4.78, 5) is 1.07. The molecule has 0 amide bonds. The summed E-state index contributed by atoms with van der Waals surface area (Å²) < 4.78 is 8.13. The van der Waals surface area contributed by atoms with E-state index in [1.54, 1.807) is 0 Å². The number of hydrogen-bond donors (Lipinski definition) is 0. The molecule has 0 radical (unpaired) electrons. The van der Waals surface area contributed by atoms with Gasteiger partial charge in [-0.15, -0.1) is 0 Å². The van der Waals surface area contributed by atoms with Gasteiger partial charge >= 0.3 is 171 Å². The van der Waals surface area contributed by atoms with Crippen LogP contribution < -0.4 is 24.8 Å². The summed E-state index contributed by atoms with van der Waals surface area (Å²) in [5.74, 6) is 0. The van der Waals surface area contributed by atoms with E-state index < -0.39 is 0 Å². The van der Waals surface area contributed by atoms with Crippen molar-refractivity contribution >= 4 is 11.8 Å². The number of thioether (sulfide) groups is 1. The summed E-state index contributed by atoms with van der Waals surface area (Å²) in [6.07, 6.45) is 11.5. The molecule has 0 aromatic carbocycles. The van der Waals surface area contributed by atoms with Crippen LogP contribution in [0.1, 0.15) is 68.2 Å². The monoisotopic (exact) mass is 463 g/mol. The molecule has 0 saturated carbocycles. The number of halogens is 2. The topological polar surface area (TPSA) is 9.23 Å². The fourth-order valence-corrected chi connectivity index (χ4v) is 5.52. The third kappa shape index (κ3) is 6.80. The molecule has 0 aliphatic heterocycles. The smallest absolute Gasteiger partial charge is 1.00 e. The Balaban J connectivity index is 0.00000338. The molecule has 0 N–H and O–H groups in total. The fraction of sp³-hybridized carbons (Fsp3) is 0.636. The molecule has 2 rings (SSSR count). The van der Waals surface area contributed by atoms with Crippen LogP contribution in [0, 0.1) is 10.8 Å². The van der Waals surface area contributed by atoms with Crippen molar-refractivity contribution in [1.82, 2.24) is 0 Å². The quantitative estimate of drug-likeness (QED) is 0.452. The maximum Gasteiger partial charge on any atom is -1.00 e. The molecule has 0 heterocycles. The van der Waals surface area contributed by atoms with E-state index in [0.717, 1.165) is 12.8 Å². The predicted molar refractivity (Wildman–Crippen MR) is 107 cm³/mol. The molecule has 0 aromatic rings. The molecular formula is C22H33Cl2OSTi. The standard InChI is InChI=1S/C22H33OS.2ClH.Ti/c1-16(2)23-22(24-18-11-9-10-12-18)14-13-17(20(3,4)5)15-19(22)21(6,7)8;;;/h9,11,13,15-16H,10,14H2,1-8H3;2*1H;/q;;;+2/p-2. The largest absolute Gasteiger partial charge is 1.00 e. The molecule has 0 bridgehead atoms. The Morgan fingerprint density at radius 1 is 1.07 bits per heavy atom. The molecule has 2 aliphatic carbocycles. The van der Waals surface area contributed by atoms with Crippen molar-refractivity contribution in [2.45, 2.75) is 79.3 Å². The van der Waals surface area contributed by atoms with E-state index in [0.29, 0.717) is 0 Å². The maximum atomic E-state index is 6.67. The van der Waals surface area contributed by atoms with E-state index in [1.807, 2.05) is 11.8 Å². The second kappa shape index (κ2) is 10.0. The third-order valence-electron chi connectivity index (χ3n) is 4.56. The average Bonchev–Trinajstić information content (AvgIpc) is 2.81. The van der Waals surface area contributed by atoms with Crippen LogP contribution in [0.4, 0.5) is 0 Å². The van der Waals surface area contributed by atoms with Crippen LogP contribution in [0.25, 0.3) is 0 Å². The van der Waals surface area contributed by atoms with E-state index in [2.05, 4.69) is 100 Å². The number of allylic oxidation sites excluding steroid dienone is 5. The minimum atomic E-state index is -0.313. The van der Waals surface area contributed by atoms with Crippen LogP contribution in [0.2, 0.25) is 0 Å². The summed E-state index contributed by atoms with van der Waals surface area (Å²) in [6, 6.07) is 0. The van der Waals surface area contributed by atoms with Crippen LogP contribution in [0.3, 0.4) is 0 Å². The molecule has 2 aliphatic rings. The second-order valence-corrected chi connectivity index (χ2v) is 11.6. The minimum Gasteiger partial charge on any atom is -1.00 e. The summed E-state index contributed by atoms with van der Waals surface area (Å²) >= 11 is 4.16. The van der Waals surface area contributed by atoms with Crippen molar-refractivity contribution < 1.29 is 50.0 Å². The molecule has 1 unspecified atom stereocenters. The van der Waals surface area contributed by atoms with Crippen molar-refractivity contribution in [3.63, 3.8) is 0 Å². The van der Waals surface area contributed by atoms with E-state index in [-0.39, 0.29) is 46.7 Å². The average molecular weight is 464 g/mol. The van der Waals surface area contributed by atoms with Crippen molar-refractivity contribution in [1.29, 1.82) is 0 Å². The van der Waals surface area contributed by atoms with E-state index in [9.17, 15) is 0 Å². The van der Waals surface area contributed by atoms with Crippen molar-refractivity contribution in [2.24, 2.45) is 10.8 Å². The first-order valence-corrected chi connectivity index (χ1v) is 10.9. The Kier molecular flexibility index (Phi) is 10.3. The molecule has 27 heavy (non-hydrogen) atoms. The van der Waals surface area contributed by atoms with E-state index >= 15 is 0 Å². The zero-order valence-electron chi connectivity index (χ0n) is 17.9. The Bertz CT molecular complexity index is 648. The van der Waals surface area contributed by atoms with Gasteiger partial charge in [-0.25, -0.2) is 0 Å². The summed E-state index contributed by atoms with van der Waals surface area (Å²) in [6.45, 7) is 18.1. The summed E-state index contributed by atoms with van der Waals surface area (Å²) in [5, 5.41) is 0. The second-order valence-electron chi connectivity index (χ2n) is 9.39. The minimum absolute atomic E-state index is 0. The third-order valence-corrected chi connectivity index (χ3v) is 7.00. The van der Waals surface area contributed by atoms with Gasteiger partial charge < -0.3 is 24.8 Å². The first-order valence-electron chi connectivity index (χ1n) is 9.26. The van der Waals surface area contributed by atoms with Gasteiger partial charge in [0, 0.05) is 0 Å². The van der Waals surface area contributed by atoms with Gasteiger partial charge in [-0.2, -0.15) is 0 Å². The molecule has 1 atom stereocenters. The van der Waals surface area contributed by atoms with Crippen molar-refractivity contribution in [3.8, 4) is 0 Å². The van der Waals surface area contributed by atoms with Crippen LogP contribution in [0.15, 0.2) is 44.2 Å². The molecular weight excluding hydrogens is 431 g/mol. The molecule has 1 nitrogen and oxygen atoms in total. The molecule has 0 saturated heterocycles. The predicted octanol–water partition coefficient (Wildman–Crippen LogP) is 0.916. The Hall–Kier alpha value is 0.564. The molecule has 5 heteroatoms. The van der Waals surface area contributed by atoms with Crippen LogP contribution in [-0.4, -0.2) is 11.0 Å². The van der Waals surface area contributed by atoms with Crippen LogP contribution in [0.5, 0.6) is 0 Å². The molecule has 0 fully saturated rings. The number of ether oxygens (including phenoxy) is 1. The Morgan fingerprint density at radius 2 is 1.67 bits per heavy atom. The molecule has 151 valence electrons. The Labute approximate surface area is 195 Å². The normalized spacial score (nSPS) is 23.1. The summed E-state index contributed by atoms with van der Waals surface area (Å²) in [7, 11) is 0. The van der Waals surface area contributed by atoms with Gasteiger partial charge in [0.1, 0.15) is 0 Å². The zero-order chi connectivity index (χ0) is 19.0. The van der Waals surface area contributed by atoms with Gasteiger partial charge in [-0.3, -0.25) is 0 Å². The first-order chi connectivity index (χ1) is 11.3. The first kappa shape index (κ1) is 27.6. The van der Waals surface area contributed by atoms with Gasteiger partial charge in [0.2, 0.25) is 0 Å². The van der Waals surface area contributed by atoms with Gasteiger partial charge in [0.15, 0.2) is 0 Å². The SMILES string of the molecule is CC(C)OC1(SC2=[C]([Ti+2])CC=C2)CC=C(C(C)(C)C)C=C1C(C)(C)C.[Cl-].[Cl-]. The van der Waals surface area contributed by atoms with Crippen molar-refractivity contribution in [2.75, 3.05) is 0 Å². The van der Waals surface area contributed by atoms with E-state index in [4.69, 9.17) is 4.74 Å². The van der Waals surface area contributed by atoms with Gasteiger partial charge in [-0.1, -0.05) is 0 Å². The summed E-state index contributed by atoms with van der Waals surface area (Å²) in [5.41, 5.74) is 3.05. The maximum absolute atomic E-state index is 6.67. The van der Waals surface area contributed by atoms with Crippen molar-refractivity contribution in [3.05, 3.63) is 44.2 Å². The molecule has 0 aromatic heterocycles. The van der Waals surface area contributed by atoms with Gasteiger partial charge in [-0.05, 0) is 0 Å². The van der Waals surface area contributed by atoms with Gasteiger partial charge in [0.05, 0.1) is 0 Å². The van der Waals surface area contributed by atoms with Crippen LogP contribution >= 0.6 is 11.8 Å². The van der Waals surface area contributed by atoms with Crippen LogP contribution in [-0.2, 0) is 25.2 Å². The zero-order valence-corrected chi connectivity index (χ0v) is 21.8. The van der Waals surface area contributed by atoms with Gasteiger partial charge in [0.25, 0.3) is 0 Å². The van der Waals surface area contributed by atoms with E-state index in [1.165, 1.54) is 19.9 Å². The number of rotatable bonds is 4. The number of hydrogen-bond acceptors (Lipinski definition) is 2.